The summed E-state index contributed by atoms with van der Waals surface area (Å²) in [5.74, 6) is 1.67. The first-order valence-corrected chi connectivity index (χ1v) is 6.16. The van der Waals surface area contributed by atoms with E-state index in [2.05, 4.69) is 38.8 Å². The van der Waals surface area contributed by atoms with Crippen LogP contribution in [0.3, 0.4) is 0 Å². The fraction of sp³-hybridized carbons (Fsp3) is 0.286. The summed E-state index contributed by atoms with van der Waals surface area (Å²) in [7, 11) is 0. The molecule has 0 saturated heterocycles. The first-order chi connectivity index (χ1) is 8.81. The van der Waals surface area contributed by atoms with Crippen molar-refractivity contribution < 1.29 is 0 Å². The maximum atomic E-state index is 4.33. The minimum absolute atomic E-state index is 0.790. The summed E-state index contributed by atoms with van der Waals surface area (Å²) < 4.78 is 0. The molecule has 1 aliphatic rings. The van der Waals surface area contributed by atoms with Crippen LogP contribution in [0, 0.1) is 6.92 Å². The molecular formula is C14H16N4. The van der Waals surface area contributed by atoms with E-state index in [0.29, 0.717) is 0 Å². The summed E-state index contributed by atoms with van der Waals surface area (Å²) in [6.07, 6.45) is 1.78. The second-order valence-electron chi connectivity index (χ2n) is 4.55. The van der Waals surface area contributed by atoms with Gasteiger partial charge in [0, 0.05) is 25.8 Å². The van der Waals surface area contributed by atoms with Crippen LogP contribution in [0.4, 0.5) is 5.82 Å². The molecular weight excluding hydrogens is 224 g/mol. The highest BCUT2D eigenvalue weighted by Gasteiger charge is 2.09. The van der Waals surface area contributed by atoms with Crippen molar-refractivity contribution in [2.75, 3.05) is 5.32 Å². The summed E-state index contributed by atoms with van der Waals surface area (Å²) >= 11 is 0. The Hall–Kier alpha value is -1.94. The molecule has 92 valence electrons. The normalized spacial score (nSPS) is 13.4. The average Bonchev–Trinajstić information content (AvgIpc) is 2.84. The van der Waals surface area contributed by atoms with E-state index < -0.39 is 0 Å². The van der Waals surface area contributed by atoms with Crippen LogP contribution in [0.15, 0.2) is 30.5 Å². The van der Waals surface area contributed by atoms with Crippen LogP contribution < -0.4 is 10.6 Å². The van der Waals surface area contributed by atoms with E-state index in [-0.39, 0.29) is 0 Å². The highest BCUT2D eigenvalue weighted by molar-refractivity contribution is 5.38. The molecule has 18 heavy (non-hydrogen) atoms. The molecule has 4 nitrogen and oxygen atoms in total. The lowest BCUT2D eigenvalue weighted by molar-refractivity contribution is 0.764. The van der Waals surface area contributed by atoms with Crippen LogP contribution in [0.5, 0.6) is 0 Å². The monoisotopic (exact) mass is 240 g/mol. The number of aromatic nitrogens is 2. The SMILES string of the molecule is Cc1nccc(NCc2ccc3c(c2)CNC3)n1. The minimum atomic E-state index is 0.790. The summed E-state index contributed by atoms with van der Waals surface area (Å²) in [4.78, 5) is 8.41. The molecule has 0 atom stereocenters. The average molecular weight is 240 g/mol. The third-order valence-corrected chi connectivity index (χ3v) is 3.15. The van der Waals surface area contributed by atoms with Gasteiger partial charge >= 0.3 is 0 Å². The lowest BCUT2D eigenvalue weighted by Gasteiger charge is -2.07. The lowest BCUT2D eigenvalue weighted by atomic mass is 10.1. The van der Waals surface area contributed by atoms with Gasteiger partial charge < -0.3 is 10.6 Å². The van der Waals surface area contributed by atoms with E-state index in [4.69, 9.17) is 0 Å². The highest BCUT2D eigenvalue weighted by Crippen LogP contribution is 2.17. The molecule has 0 bridgehead atoms. The summed E-state index contributed by atoms with van der Waals surface area (Å²) in [6, 6.07) is 8.53. The van der Waals surface area contributed by atoms with Crippen LogP contribution >= 0.6 is 0 Å². The van der Waals surface area contributed by atoms with Gasteiger partial charge in [0.25, 0.3) is 0 Å². The number of anilines is 1. The van der Waals surface area contributed by atoms with E-state index in [9.17, 15) is 0 Å². The first kappa shape index (κ1) is 11.2. The van der Waals surface area contributed by atoms with E-state index in [1.807, 2.05) is 13.0 Å². The predicted molar refractivity (Wildman–Crippen MR) is 71.1 cm³/mol. The molecule has 0 fully saturated rings. The van der Waals surface area contributed by atoms with Crippen LogP contribution in [0.1, 0.15) is 22.5 Å². The van der Waals surface area contributed by atoms with Gasteiger partial charge in [-0.3, -0.25) is 0 Å². The number of nitrogens with zero attached hydrogens (tertiary/aromatic N) is 2. The Bertz CT molecular complexity index is 565. The molecule has 0 aliphatic carbocycles. The van der Waals surface area contributed by atoms with Gasteiger partial charge in [-0.05, 0) is 29.7 Å². The fourth-order valence-corrected chi connectivity index (χ4v) is 2.21. The van der Waals surface area contributed by atoms with Gasteiger partial charge in [-0.2, -0.15) is 0 Å². The molecule has 0 radical (unpaired) electrons. The topological polar surface area (TPSA) is 49.8 Å². The van der Waals surface area contributed by atoms with Gasteiger partial charge in [-0.1, -0.05) is 18.2 Å². The van der Waals surface area contributed by atoms with Gasteiger partial charge in [0.15, 0.2) is 0 Å². The molecule has 1 aromatic carbocycles. The molecule has 0 amide bonds. The quantitative estimate of drug-likeness (QED) is 0.861. The van der Waals surface area contributed by atoms with E-state index in [0.717, 1.165) is 31.3 Å². The second kappa shape index (κ2) is 4.74. The Balaban J connectivity index is 1.70. The van der Waals surface area contributed by atoms with Crippen molar-refractivity contribution >= 4 is 5.82 Å². The maximum Gasteiger partial charge on any atom is 0.129 e. The number of hydrogen-bond acceptors (Lipinski definition) is 4. The van der Waals surface area contributed by atoms with E-state index in [1.165, 1.54) is 16.7 Å². The molecule has 2 N–H and O–H groups in total. The molecule has 1 aromatic heterocycles. The van der Waals surface area contributed by atoms with Crippen molar-refractivity contribution in [3.8, 4) is 0 Å². The number of fused-ring (bicyclic) bond motifs is 1. The molecule has 0 saturated carbocycles. The van der Waals surface area contributed by atoms with Crippen LogP contribution in [0.25, 0.3) is 0 Å². The van der Waals surface area contributed by atoms with Crippen LogP contribution in [0.2, 0.25) is 0 Å². The summed E-state index contributed by atoms with van der Waals surface area (Å²) in [5.41, 5.74) is 4.11. The Morgan fingerprint density at radius 1 is 1.22 bits per heavy atom. The zero-order valence-electron chi connectivity index (χ0n) is 10.4. The van der Waals surface area contributed by atoms with Crippen molar-refractivity contribution in [3.63, 3.8) is 0 Å². The molecule has 0 spiro atoms. The number of hydrogen-bond donors (Lipinski definition) is 2. The zero-order valence-corrected chi connectivity index (χ0v) is 10.4. The third kappa shape index (κ3) is 2.33. The van der Waals surface area contributed by atoms with Crippen molar-refractivity contribution in [2.24, 2.45) is 0 Å². The van der Waals surface area contributed by atoms with Gasteiger partial charge in [-0.15, -0.1) is 0 Å². The molecule has 2 aromatic rings. The first-order valence-electron chi connectivity index (χ1n) is 6.16. The molecule has 1 aliphatic heterocycles. The van der Waals surface area contributed by atoms with E-state index in [1.54, 1.807) is 6.20 Å². The van der Waals surface area contributed by atoms with Crippen molar-refractivity contribution in [1.29, 1.82) is 0 Å². The fourth-order valence-electron chi connectivity index (χ4n) is 2.21. The molecule has 2 heterocycles. The Morgan fingerprint density at radius 3 is 3.00 bits per heavy atom. The van der Waals surface area contributed by atoms with Gasteiger partial charge in [-0.25, -0.2) is 9.97 Å². The van der Waals surface area contributed by atoms with Crippen molar-refractivity contribution in [3.05, 3.63) is 53.0 Å². The highest BCUT2D eigenvalue weighted by atomic mass is 15.0. The maximum absolute atomic E-state index is 4.33. The van der Waals surface area contributed by atoms with Crippen molar-refractivity contribution in [2.45, 2.75) is 26.6 Å². The second-order valence-corrected chi connectivity index (χ2v) is 4.55. The number of benzene rings is 1. The number of rotatable bonds is 3. The summed E-state index contributed by atoms with van der Waals surface area (Å²) in [6.45, 7) is 4.67. The molecule has 3 rings (SSSR count). The largest absolute Gasteiger partial charge is 0.366 e. The summed E-state index contributed by atoms with van der Waals surface area (Å²) in [5, 5.41) is 6.68. The molecule has 0 unspecified atom stereocenters. The van der Waals surface area contributed by atoms with Gasteiger partial charge in [0.1, 0.15) is 11.6 Å². The standard InChI is InChI=1S/C14H16N4/c1-10-16-5-4-14(18-10)17-7-11-2-3-12-8-15-9-13(12)6-11/h2-6,15H,7-9H2,1H3,(H,16,17,18). The molecule has 4 heteroatoms. The Kier molecular flexibility index (Phi) is 2.94. The third-order valence-electron chi connectivity index (χ3n) is 3.15. The van der Waals surface area contributed by atoms with Gasteiger partial charge in [0.05, 0.1) is 0 Å². The predicted octanol–water partition coefficient (Wildman–Crippen LogP) is 2.00. The minimum Gasteiger partial charge on any atom is -0.366 e. The zero-order chi connectivity index (χ0) is 12.4. The Morgan fingerprint density at radius 2 is 2.11 bits per heavy atom. The van der Waals surface area contributed by atoms with Crippen LogP contribution in [-0.4, -0.2) is 9.97 Å². The smallest absolute Gasteiger partial charge is 0.129 e. The Labute approximate surface area is 106 Å². The lowest BCUT2D eigenvalue weighted by Crippen LogP contribution is -2.03. The number of aryl methyl sites for hydroxylation is 1. The van der Waals surface area contributed by atoms with Crippen LogP contribution in [-0.2, 0) is 19.6 Å². The van der Waals surface area contributed by atoms with Gasteiger partial charge in [0.2, 0.25) is 0 Å². The number of nitrogens with one attached hydrogen (secondary N) is 2. The van der Waals surface area contributed by atoms with Crippen molar-refractivity contribution in [1.82, 2.24) is 15.3 Å². The van der Waals surface area contributed by atoms with E-state index >= 15 is 0 Å².